The van der Waals surface area contributed by atoms with Crippen LogP contribution in [0.25, 0.3) is 6.08 Å². The number of nitrogens with one attached hydrogen (secondary N) is 1. The van der Waals surface area contributed by atoms with Crippen molar-refractivity contribution in [2.45, 2.75) is 6.42 Å². The predicted octanol–water partition coefficient (Wildman–Crippen LogP) is 3.34. The Hall–Kier alpha value is -3.11. The average molecular weight is 460 g/mol. The van der Waals surface area contributed by atoms with Crippen LogP contribution in [0.4, 0.5) is 5.69 Å². The number of amides is 2. The molecule has 2 amide bonds. The van der Waals surface area contributed by atoms with Crippen molar-refractivity contribution in [2.75, 3.05) is 33.2 Å². The van der Waals surface area contributed by atoms with Gasteiger partial charge in [0.15, 0.2) is 11.5 Å². The number of rotatable bonds is 8. The highest BCUT2D eigenvalue weighted by Gasteiger charge is 2.32. The van der Waals surface area contributed by atoms with Crippen molar-refractivity contribution in [1.82, 2.24) is 9.88 Å². The van der Waals surface area contributed by atoms with Gasteiger partial charge >= 0.3 is 0 Å². The van der Waals surface area contributed by atoms with E-state index in [-0.39, 0.29) is 24.8 Å². The molecule has 2 aromatic rings. The summed E-state index contributed by atoms with van der Waals surface area (Å²) in [6.45, 7) is 0.184. The fraction of sp³-hybridized carbons (Fsp3) is 0.238. The molecule has 8 nitrogen and oxygen atoms in total. The van der Waals surface area contributed by atoms with Crippen LogP contribution in [-0.2, 0) is 9.59 Å². The number of benzene rings is 1. The summed E-state index contributed by atoms with van der Waals surface area (Å²) < 4.78 is 16.4. The SMILES string of the molecule is COc1cc(/C=C2\SC(=S)N(CCC(=O)Nc3cccnc3)C2=O)cc(OC)c1OC. The zero-order chi connectivity index (χ0) is 22.4. The third kappa shape index (κ3) is 5.33. The van der Waals surface area contributed by atoms with E-state index in [1.807, 2.05) is 0 Å². The second-order valence-electron chi connectivity index (χ2n) is 6.33. The fourth-order valence-electron chi connectivity index (χ4n) is 2.90. The molecule has 1 aromatic heterocycles. The number of carbonyl (C=O) groups is 2. The lowest BCUT2D eigenvalue weighted by Crippen LogP contribution is -2.31. The Morgan fingerprint density at radius 3 is 2.52 bits per heavy atom. The van der Waals surface area contributed by atoms with Gasteiger partial charge in [-0.25, -0.2) is 0 Å². The Kier molecular flexibility index (Phi) is 7.48. The normalized spacial score (nSPS) is 14.7. The van der Waals surface area contributed by atoms with Crippen molar-refractivity contribution in [2.24, 2.45) is 0 Å². The molecule has 0 aliphatic carbocycles. The van der Waals surface area contributed by atoms with Crippen LogP contribution in [0.15, 0.2) is 41.6 Å². The van der Waals surface area contributed by atoms with Gasteiger partial charge in [-0.3, -0.25) is 19.5 Å². The zero-order valence-corrected chi connectivity index (χ0v) is 18.8. The van der Waals surface area contributed by atoms with Crippen molar-refractivity contribution in [3.05, 3.63) is 47.1 Å². The molecule has 3 rings (SSSR count). The minimum atomic E-state index is -0.252. The van der Waals surface area contributed by atoms with Gasteiger partial charge in [0.1, 0.15) is 4.32 Å². The summed E-state index contributed by atoms with van der Waals surface area (Å²) >= 11 is 6.53. The molecular weight excluding hydrogens is 438 g/mol. The van der Waals surface area contributed by atoms with Crippen molar-refractivity contribution in [3.8, 4) is 17.2 Å². The lowest BCUT2D eigenvalue weighted by atomic mass is 10.1. The van der Waals surface area contributed by atoms with Crippen molar-refractivity contribution in [1.29, 1.82) is 0 Å². The molecule has 1 aromatic carbocycles. The van der Waals surface area contributed by atoms with Crippen LogP contribution in [0.3, 0.4) is 0 Å². The number of nitrogens with zero attached hydrogens (tertiary/aromatic N) is 2. The Morgan fingerprint density at radius 1 is 1.23 bits per heavy atom. The van der Waals surface area contributed by atoms with Crippen molar-refractivity contribution < 1.29 is 23.8 Å². The minimum absolute atomic E-state index is 0.110. The second kappa shape index (κ2) is 10.3. The van der Waals surface area contributed by atoms with Crippen LogP contribution in [0.5, 0.6) is 17.2 Å². The van der Waals surface area contributed by atoms with Gasteiger partial charge in [0.2, 0.25) is 11.7 Å². The molecule has 0 atom stereocenters. The van der Waals surface area contributed by atoms with Crippen LogP contribution in [0, 0.1) is 0 Å². The number of hydrogen-bond donors (Lipinski definition) is 1. The molecule has 0 saturated carbocycles. The molecule has 162 valence electrons. The third-order valence-electron chi connectivity index (χ3n) is 4.37. The van der Waals surface area contributed by atoms with Gasteiger partial charge in [-0.2, -0.15) is 0 Å². The van der Waals surface area contributed by atoms with E-state index in [0.29, 0.717) is 37.7 Å². The summed E-state index contributed by atoms with van der Waals surface area (Å²) in [5, 5.41) is 2.74. The predicted molar refractivity (Wildman–Crippen MR) is 123 cm³/mol. The first kappa shape index (κ1) is 22.6. The number of carbonyl (C=O) groups excluding carboxylic acids is 2. The summed E-state index contributed by atoms with van der Waals surface area (Å²) in [7, 11) is 4.57. The van der Waals surface area contributed by atoms with Gasteiger partial charge in [0.25, 0.3) is 5.91 Å². The molecular formula is C21H21N3O5S2. The number of pyridine rings is 1. The van der Waals surface area contributed by atoms with Crippen molar-refractivity contribution in [3.63, 3.8) is 0 Å². The van der Waals surface area contributed by atoms with Crippen molar-refractivity contribution >= 4 is 51.9 Å². The smallest absolute Gasteiger partial charge is 0.266 e. The Morgan fingerprint density at radius 2 is 1.94 bits per heavy atom. The number of thiocarbonyl (C=S) groups is 1. The quantitative estimate of drug-likeness (QED) is 0.475. The first-order valence-corrected chi connectivity index (χ1v) is 10.4. The fourth-order valence-corrected chi connectivity index (χ4v) is 4.21. The van der Waals surface area contributed by atoms with Gasteiger partial charge in [-0.1, -0.05) is 24.0 Å². The summed E-state index contributed by atoms with van der Waals surface area (Å²) in [4.78, 5) is 30.8. The molecule has 0 unspecified atom stereocenters. The monoisotopic (exact) mass is 459 g/mol. The molecule has 2 heterocycles. The highest BCUT2D eigenvalue weighted by molar-refractivity contribution is 8.26. The van der Waals surface area contributed by atoms with E-state index in [4.69, 9.17) is 26.4 Å². The average Bonchev–Trinajstić information content (AvgIpc) is 3.04. The minimum Gasteiger partial charge on any atom is -0.493 e. The molecule has 1 aliphatic heterocycles. The summed E-state index contributed by atoms with van der Waals surface area (Å²) in [5.74, 6) is 0.953. The maximum absolute atomic E-state index is 12.8. The number of ether oxygens (including phenoxy) is 3. The first-order valence-electron chi connectivity index (χ1n) is 9.22. The summed E-state index contributed by atoms with van der Waals surface area (Å²) in [5.41, 5.74) is 1.30. The highest BCUT2D eigenvalue weighted by Crippen LogP contribution is 2.40. The third-order valence-corrected chi connectivity index (χ3v) is 5.74. The van der Waals surface area contributed by atoms with E-state index in [2.05, 4.69) is 10.3 Å². The van der Waals surface area contributed by atoms with E-state index in [0.717, 1.165) is 0 Å². The molecule has 1 N–H and O–H groups in total. The van der Waals surface area contributed by atoms with E-state index in [9.17, 15) is 9.59 Å². The summed E-state index contributed by atoms with van der Waals surface area (Å²) in [6.07, 6.45) is 4.99. The number of methoxy groups -OCH3 is 3. The van der Waals surface area contributed by atoms with Crippen LogP contribution in [0.1, 0.15) is 12.0 Å². The maximum atomic E-state index is 12.8. The molecule has 1 fully saturated rings. The zero-order valence-electron chi connectivity index (χ0n) is 17.2. The molecule has 1 saturated heterocycles. The van der Waals surface area contributed by atoms with E-state index >= 15 is 0 Å². The molecule has 0 bridgehead atoms. The largest absolute Gasteiger partial charge is 0.493 e. The number of anilines is 1. The standard InChI is InChI=1S/C21H21N3O5S2/c1-27-15-9-13(10-16(28-2)19(15)29-3)11-17-20(26)24(21(30)31-17)8-6-18(25)23-14-5-4-7-22-12-14/h4-5,7,9-12H,6,8H2,1-3H3,(H,23,25)/b17-11-. The Labute approximate surface area is 189 Å². The molecule has 1 aliphatic rings. The van der Waals surface area contributed by atoms with Gasteiger partial charge < -0.3 is 19.5 Å². The van der Waals surface area contributed by atoms with Crippen LogP contribution in [-0.4, -0.2) is 53.9 Å². The van der Waals surface area contributed by atoms with E-state index in [1.54, 1.807) is 42.7 Å². The highest BCUT2D eigenvalue weighted by atomic mass is 32.2. The van der Waals surface area contributed by atoms with Gasteiger partial charge in [-0.05, 0) is 35.9 Å². The van der Waals surface area contributed by atoms with E-state index in [1.165, 1.54) is 38.0 Å². The number of hydrogen-bond acceptors (Lipinski definition) is 8. The van der Waals surface area contributed by atoms with Crippen LogP contribution < -0.4 is 19.5 Å². The number of thioether (sulfide) groups is 1. The Bertz CT molecular complexity index is 1000. The van der Waals surface area contributed by atoms with Crippen LogP contribution >= 0.6 is 24.0 Å². The summed E-state index contributed by atoms with van der Waals surface area (Å²) in [6, 6.07) is 6.96. The molecule has 31 heavy (non-hydrogen) atoms. The second-order valence-corrected chi connectivity index (χ2v) is 8.01. The Balaban J connectivity index is 1.71. The van der Waals surface area contributed by atoms with Gasteiger partial charge in [0, 0.05) is 19.2 Å². The first-order chi connectivity index (χ1) is 15.0. The molecule has 10 heteroatoms. The molecule has 0 spiro atoms. The lowest BCUT2D eigenvalue weighted by molar-refractivity contribution is -0.122. The van der Waals surface area contributed by atoms with Gasteiger partial charge in [0.05, 0.1) is 38.1 Å². The number of aromatic nitrogens is 1. The topological polar surface area (TPSA) is 90.0 Å². The van der Waals surface area contributed by atoms with Gasteiger partial charge in [-0.15, -0.1) is 0 Å². The molecule has 0 radical (unpaired) electrons. The maximum Gasteiger partial charge on any atom is 0.266 e. The van der Waals surface area contributed by atoms with E-state index < -0.39 is 0 Å². The van der Waals surface area contributed by atoms with Crippen LogP contribution in [0.2, 0.25) is 0 Å². The lowest BCUT2D eigenvalue weighted by Gasteiger charge is -2.14.